The van der Waals surface area contributed by atoms with Crippen LogP contribution in [0, 0.1) is 0 Å². The smallest absolute Gasteiger partial charge is 0.247 e. The van der Waals surface area contributed by atoms with E-state index in [1.165, 1.54) is 0 Å². The molecule has 11 heteroatoms. The molecule has 10 nitrogen and oxygen atoms in total. The van der Waals surface area contributed by atoms with Gasteiger partial charge in [-0.15, -0.1) is 0 Å². The molecule has 0 saturated carbocycles. The number of carbonyl (C=O) groups is 1. The van der Waals surface area contributed by atoms with E-state index in [4.69, 9.17) is 9.47 Å². The maximum atomic E-state index is 13.7. The number of aliphatic hydroxyl groups is 1. The third kappa shape index (κ3) is 4.44. The molecule has 3 fully saturated rings. The Bertz CT molecular complexity index is 991. The predicted octanol–water partition coefficient (Wildman–Crippen LogP) is -0.332. The van der Waals surface area contributed by atoms with E-state index in [2.05, 4.69) is 15.5 Å². The van der Waals surface area contributed by atoms with Crippen LogP contribution >= 0.6 is 0 Å². The number of hydrogen-bond acceptors (Lipinski definition) is 8. The number of rotatable bonds is 1. The van der Waals surface area contributed by atoms with Crippen molar-refractivity contribution in [3.63, 3.8) is 0 Å². The Morgan fingerprint density at radius 3 is 2.61 bits per heavy atom. The van der Waals surface area contributed by atoms with Crippen molar-refractivity contribution in [2.45, 2.75) is 48.3 Å². The molecule has 1 amide bonds. The van der Waals surface area contributed by atoms with Gasteiger partial charge in [0.25, 0.3) is 0 Å². The lowest BCUT2D eigenvalue weighted by atomic mass is 9.85. The standard InChI is InChI=1S/C22H32N4O6S/c27-17-14-18-21(28)24-22(3-6-23-7-4-22)5-10-32-19-13-16(25-8-11-31-12-9-25)1-2-20(19)33(29,30)26(18)15-17/h1-2,13,17-18,23,27H,3-12,14-15H2,(H,24,28)/t17-,18+/m1/s1. The van der Waals surface area contributed by atoms with Crippen molar-refractivity contribution >= 4 is 21.6 Å². The average Bonchev–Trinajstić information content (AvgIpc) is 3.22. The first kappa shape index (κ1) is 22.9. The SMILES string of the molecule is O=C1NC2(CCNCC2)CCOc2cc(N3CCOCC3)ccc2S(=O)(=O)N2C[C@H](O)C[C@@H]12. The van der Waals surface area contributed by atoms with Crippen LogP contribution in [0.15, 0.2) is 23.1 Å². The van der Waals surface area contributed by atoms with Crippen molar-refractivity contribution in [1.29, 1.82) is 0 Å². The Morgan fingerprint density at radius 2 is 1.85 bits per heavy atom. The number of carbonyl (C=O) groups excluding carboxylic acids is 1. The maximum absolute atomic E-state index is 13.7. The number of anilines is 1. The third-order valence-corrected chi connectivity index (χ3v) is 9.13. The zero-order chi connectivity index (χ0) is 23.1. The number of hydrogen-bond donors (Lipinski definition) is 3. The molecular weight excluding hydrogens is 448 g/mol. The molecule has 1 aromatic rings. The van der Waals surface area contributed by atoms with Gasteiger partial charge in [0.15, 0.2) is 0 Å². The summed E-state index contributed by atoms with van der Waals surface area (Å²) >= 11 is 0. The first-order valence-electron chi connectivity index (χ1n) is 11.7. The highest BCUT2D eigenvalue weighted by atomic mass is 32.2. The molecular formula is C22H32N4O6S. The van der Waals surface area contributed by atoms with Gasteiger partial charge in [0.1, 0.15) is 16.7 Å². The Morgan fingerprint density at radius 1 is 1.09 bits per heavy atom. The predicted molar refractivity (Wildman–Crippen MR) is 121 cm³/mol. The zero-order valence-electron chi connectivity index (χ0n) is 18.7. The number of morpholine rings is 1. The number of nitrogens with zero attached hydrogens (tertiary/aromatic N) is 2. The van der Waals surface area contributed by atoms with E-state index in [0.717, 1.165) is 49.0 Å². The van der Waals surface area contributed by atoms with Crippen LogP contribution in [0.5, 0.6) is 5.75 Å². The second kappa shape index (κ2) is 9.03. The molecule has 1 spiro atoms. The van der Waals surface area contributed by atoms with Crippen molar-refractivity contribution in [2.24, 2.45) is 0 Å². The molecule has 0 radical (unpaired) electrons. The average molecular weight is 481 g/mol. The van der Waals surface area contributed by atoms with Crippen LogP contribution in [0.3, 0.4) is 0 Å². The Labute approximate surface area is 194 Å². The molecule has 0 bridgehead atoms. The van der Waals surface area contributed by atoms with Crippen LogP contribution in [0.1, 0.15) is 25.7 Å². The fraction of sp³-hybridized carbons (Fsp3) is 0.682. The van der Waals surface area contributed by atoms with Gasteiger partial charge >= 0.3 is 0 Å². The Balaban J connectivity index is 1.55. The molecule has 5 rings (SSSR count). The summed E-state index contributed by atoms with van der Waals surface area (Å²) in [6.07, 6.45) is 1.26. The van der Waals surface area contributed by atoms with E-state index in [1.807, 2.05) is 0 Å². The van der Waals surface area contributed by atoms with Gasteiger partial charge in [0.05, 0.1) is 25.9 Å². The number of piperidine rings is 1. The molecule has 0 aliphatic carbocycles. The topological polar surface area (TPSA) is 120 Å². The molecule has 2 atom stereocenters. The number of aliphatic hydroxyl groups excluding tert-OH is 1. The van der Waals surface area contributed by atoms with E-state index in [9.17, 15) is 18.3 Å². The van der Waals surface area contributed by atoms with Crippen molar-refractivity contribution in [3.05, 3.63) is 18.2 Å². The summed E-state index contributed by atoms with van der Waals surface area (Å²) in [4.78, 5) is 15.5. The first-order valence-corrected chi connectivity index (χ1v) is 13.1. The largest absolute Gasteiger partial charge is 0.492 e. The van der Waals surface area contributed by atoms with Crippen LogP contribution in [-0.2, 0) is 19.6 Å². The number of nitrogens with one attached hydrogen (secondary N) is 2. The van der Waals surface area contributed by atoms with E-state index in [1.54, 1.807) is 18.2 Å². The summed E-state index contributed by atoms with van der Waals surface area (Å²) in [5, 5.41) is 16.8. The number of amides is 1. The van der Waals surface area contributed by atoms with Gasteiger partial charge in [0, 0.05) is 49.8 Å². The second-order valence-electron chi connectivity index (χ2n) is 9.33. The molecule has 0 unspecified atom stereocenters. The fourth-order valence-electron chi connectivity index (χ4n) is 5.30. The summed E-state index contributed by atoms with van der Waals surface area (Å²) < 4.78 is 40.1. The highest BCUT2D eigenvalue weighted by molar-refractivity contribution is 7.89. The van der Waals surface area contributed by atoms with E-state index >= 15 is 0 Å². The van der Waals surface area contributed by atoms with Crippen molar-refractivity contribution < 1.29 is 27.8 Å². The molecule has 182 valence electrons. The van der Waals surface area contributed by atoms with Gasteiger partial charge in [-0.3, -0.25) is 4.79 Å². The van der Waals surface area contributed by atoms with Gasteiger partial charge in [-0.2, -0.15) is 4.31 Å². The molecule has 33 heavy (non-hydrogen) atoms. The Kier molecular flexibility index (Phi) is 6.25. The van der Waals surface area contributed by atoms with Crippen LogP contribution in [0.4, 0.5) is 5.69 Å². The van der Waals surface area contributed by atoms with Crippen LogP contribution in [0.2, 0.25) is 0 Å². The minimum Gasteiger partial charge on any atom is -0.492 e. The first-order chi connectivity index (χ1) is 15.9. The van der Waals surface area contributed by atoms with Crippen LogP contribution < -0.4 is 20.3 Å². The number of fused-ring (bicyclic) bond motifs is 2. The molecule has 4 aliphatic heterocycles. The molecule has 0 aromatic heterocycles. The molecule has 1 aromatic carbocycles. The Hall–Kier alpha value is -1.92. The van der Waals surface area contributed by atoms with Gasteiger partial charge in [-0.05, 0) is 38.1 Å². The van der Waals surface area contributed by atoms with Crippen LogP contribution in [0.25, 0.3) is 0 Å². The summed E-state index contributed by atoms with van der Waals surface area (Å²) in [6.45, 7) is 4.41. The molecule has 3 saturated heterocycles. The van der Waals surface area contributed by atoms with Crippen molar-refractivity contribution in [1.82, 2.24) is 14.9 Å². The van der Waals surface area contributed by atoms with Crippen LogP contribution in [-0.4, -0.2) is 94.0 Å². The van der Waals surface area contributed by atoms with E-state index < -0.39 is 27.7 Å². The summed E-state index contributed by atoms with van der Waals surface area (Å²) in [5.41, 5.74) is 0.420. The fourth-order valence-corrected chi connectivity index (χ4v) is 7.05. The second-order valence-corrected chi connectivity index (χ2v) is 11.2. The van der Waals surface area contributed by atoms with Crippen molar-refractivity contribution in [2.75, 3.05) is 57.4 Å². The lowest BCUT2D eigenvalue weighted by Crippen LogP contribution is -2.58. The van der Waals surface area contributed by atoms with Gasteiger partial charge < -0.3 is 30.1 Å². The summed E-state index contributed by atoms with van der Waals surface area (Å²) in [5.74, 6) is -0.0528. The normalized spacial score (nSPS) is 30.0. The van der Waals surface area contributed by atoms with E-state index in [0.29, 0.717) is 26.2 Å². The third-order valence-electron chi connectivity index (χ3n) is 7.21. The minimum atomic E-state index is -4.06. The molecule has 3 N–H and O–H groups in total. The number of benzene rings is 1. The highest BCUT2D eigenvalue weighted by Crippen LogP contribution is 2.36. The van der Waals surface area contributed by atoms with Gasteiger partial charge in [0.2, 0.25) is 15.9 Å². The quantitative estimate of drug-likeness (QED) is 0.500. The van der Waals surface area contributed by atoms with Crippen molar-refractivity contribution in [3.8, 4) is 5.75 Å². The highest BCUT2D eigenvalue weighted by Gasteiger charge is 2.47. The van der Waals surface area contributed by atoms with Gasteiger partial charge in [-0.25, -0.2) is 8.42 Å². The minimum absolute atomic E-state index is 0.0349. The monoisotopic (exact) mass is 480 g/mol. The zero-order valence-corrected chi connectivity index (χ0v) is 19.5. The lowest BCUT2D eigenvalue weighted by Gasteiger charge is -2.39. The molecule has 4 heterocycles. The number of sulfonamides is 1. The maximum Gasteiger partial charge on any atom is 0.247 e. The summed E-state index contributed by atoms with van der Waals surface area (Å²) in [7, 11) is -4.06. The molecule has 4 aliphatic rings. The van der Waals surface area contributed by atoms with E-state index in [-0.39, 0.29) is 29.5 Å². The summed E-state index contributed by atoms with van der Waals surface area (Å²) in [6, 6.07) is 4.18. The van der Waals surface area contributed by atoms with Gasteiger partial charge in [-0.1, -0.05) is 0 Å². The lowest BCUT2D eigenvalue weighted by molar-refractivity contribution is -0.126. The number of ether oxygens (including phenoxy) is 2.